The normalized spacial score (nSPS) is 10.4. The second kappa shape index (κ2) is 6.54. The van der Waals surface area contributed by atoms with Gasteiger partial charge in [-0.05, 0) is 30.7 Å². The largest absolute Gasteiger partial charge is 0.495 e. The average molecular weight is 307 g/mol. The Morgan fingerprint density at radius 3 is 2.71 bits per heavy atom. The van der Waals surface area contributed by atoms with Gasteiger partial charge in [0.15, 0.2) is 6.29 Å². The van der Waals surface area contributed by atoms with Crippen molar-refractivity contribution in [1.29, 1.82) is 0 Å². The molecule has 0 saturated carbocycles. The van der Waals surface area contributed by atoms with Gasteiger partial charge in [-0.1, -0.05) is 18.5 Å². The molecule has 2 rings (SSSR count). The van der Waals surface area contributed by atoms with Crippen molar-refractivity contribution in [2.24, 2.45) is 0 Å². The molecule has 2 aromatic rings. The van der Waals surface area contributed by atoms with Gasteiger partial charge in [0, 0.05) is 12.1 Å². The van der Waals surface area contributed by atoms with Crippen LogP contribution in [0.25, 0.3) is 11.3 Å². The first-order valence-electron chi connectivity index (χ1n) is 6.52. The summed E-state index contributed by atoms with van der Waals surface area (Å²) in [6.07, 6.45) is 1.29. The fourth-order valence-electron chi connectivity index (χ4n) is 1.98. The summed E-state index contributed by atoms with van der Waals surface area (Å²) in [5.41, 5.74) is 0.944. The number of aldehydes is 1. The number of rotatable bonds is 5. The molecule has 0 saturated heterocycles. The molecule has 0 amide bonds. The maximum Gasteiger partial charge on any atom is 0.277 e. The van der Waals surface area contributed by atoms with Crippen LogP contribution in [0.1, 0.15) is 23.7 Å². The fraction of sp³-hybridized carbons (Fsp3) is 0.267. The summed E-state index contributed by atoms with van der Waals surface area (Å²) < 4.78 is 6.40. The minimum atomic E-state index is -0.379. The van der Waals surface area contributed by atoms with Gasteiger partial charge >= 0.3 is 0 Å². The lowest BCUT2D eigenvalue weighted by atomic mass is 10.1. The van der Waals surface area contributed by atoms with Crippen LogP contribution in [0.5, 0.6) is 5.75 Å². The molecule has 1 aromatic carbocycles. The highest BCUT2D eigenvalue weighted by Crippen LogP contribution is 2.29. The number of ether oxygens (including phenoxy) is 1. The van der Waals surface area contributed by atoms with Crippen LogP contribution < -0.4 is 10.3 Å². The Morgan fingerprint density at radius 1 is 1.38 bits per heavy atom. The number of carbonyl (C=O) groups excluding carboxylic acids is 1. The molecule has 0 radical (unpaired) electrons. The van der Waals surface area contributed by atoms with Crippen molar-refractivity contribution in [1.82, 2.24) is 9.78 Å². The summed E-state index contributed by atoms with van der Waals surface area (Å²) in [4.78, 5) is 23.0. The lowest BCUT2D eigenvalue weighted by Gasteiger charge is -2.09. The third-order valence-corrected chi connectivity index (χ3v) is 3.31. The van der Waals surface area contributed by atoms with Gasteiger partial charge in [-0.2, -0.15) is 5.10 Å². The first-order chi connectivity index (χ1) is 10.1. The number of aryl methyl sites for hydroxylation is 1. The molecule has 5 nitrogen and oxygen atoms in total. The number of aromatic nitrogens is 2. The van der Waals surface area contributed by atoms with Crippen molar-refractivity contribution in [2.45, 2.75) is 19.9 Å². The van der Waals surface area contributed by atoms with Crippen LogP contribution in [0.4, 0.5) is 0 Å². The maximum absolute atomic E-state index is 12.0. The van der Waals surface area contributed by atoms with Gasteiger partial charge in [0.1, 0.15) is 5.75 Å². The van der Waals surface area contributed by atoms with Crippen LogP contribution in [0.2, 0.25) is 5.02 Å². The van der Waals surface area contributed by atoms with Gasteiger partial charge in [0.2, 0.25) is 0 Å². The smallest absolute Gasteiger partial charge is 0.277 e. The molecular weight excluding hydrogens is 292 g/mol. The number of benzene rings is 1. The number of halogens is 1. The van der Waals surface area contributed by atoms with Gasteiger partial charge in [0.05, 0.1) is 23.4 Å². The Morgan fingerprint density at radius 2 is 2.14 bits per heavy atom. The number of carbonyl (C=O) groups is 1. The standard InChI is InChI=1S/C15H15ClN2O3/c1-3-6-18-15(20)11(9-19)8-13(17-18)10-4-5-14(21-2)12(16)7-10/h4-5,7-9H,3,6H2,1-2H3. The summed E-state index contributed by atoms with van der Waals surface area (Å²) in [5.74, 6) is 0.554. The Bertz CT molecular complexity index is 725. The van der Waals surface area contributed by atoms with Crippen LogP contribution >= 0.6 is 11.6 Å². The molecule has 110 valence electrons. The van der Waals surface area contributed by atoms with Crippen molar-refractivity contribution >= 4 is 17.9 Å². The van der Waals surface area contributed by atoms with Gasteiger partial charge < -0.3 is 4.74 Å². The van der Waals surface area contributed by atoms with Gasteiger partial charge in [-0.3, -0.25) is 9.59 Å². The summed E-state index contributed by atoms with van der Waals surface area (Å²) >= 11 is 6.09. The average Bonchev–Trinajstić information content (AvgIpc) is 2.49. The molecule has 0 aliphatic rings. The van der Waals surface area contributed by atoms with Crippen molar-refractivity contribution in [3.05, 3.63) is 45.2 Å². The highest BCUT2D eigenvalue weighted by Gasteiger charge is 2.11. The number of methoxy groups -OCH3 is 1. The van der Waals surface area contributed by atoms with Crippen molar-refractivity contribution < 1.29 is 9.53 Å². The lowest BCUT2D eigenvalue weighted by molar-refractivity contribution is 0.112. The third kappa shape index (κ3) is 3.13. The van der Waals surface area contributed by atoms with E-state index in [4.69, 9.17) is 16.3 Å². The SMILES string of the molecule is CCCn1nc(-c2ccc(OC)c(Cl)c2)cc(C=O)c1=O. The second-order valence-electron chi connectivity index (χ2n) is 4.48. The van der Waals surface area contributed by atoms with Crippen molar-refractivity contribution in [3.63, 3.8) is 0 Å². The molecule has 0 spiro atoms. The molecule has 0 unspecified atom stereocenters. The summed E-state index contributed by atoms with van der Waals surface area (Å²) in [6.45, 7) is 2.39. The third-order valence-electron chi connectivity index (χ3n) is 3.01. The van der Waals surface area contributed by atoms with Crippen LogP contribution in [-0.4, -0.2) is 23.2 Å². The zero-order valence-electron chi connectivity index (χ0n) is 11.8. The van der Waals surface area contributed by atoms with Crippen molar-refractivity contribution in [3.8, 4) is 17.0 Å². The predicted molar refractivity (Wildman–Crippen MR) is 81.2 cm³/mol. The van der Waals surface area contributed by atoms with E-state index >= 15 is 0 Å². The van der Waals surface area contributed by atoms with E-state index in [2.05, 4.69) is 5.10 Å². The second-order valence-corrected chi connectivity index (χ2v) is 4.89. The van der Waals surface area contributed by atoms with Crippen LogP contribution in [0, 0.1) is 0 Å². The number of hydrogen-bond donors (Lipinski definition) is 0. The van der Waals surface area contributed by atoms with Gasteiger partial charge in [-0.15, -0.1) is 0 Å². The van der Waals surface area contributed by atoms with E-state index in [0.717, 1.165) is 6.42 Å². The van der Waals surface area contributed by atoms with Crippen LogP contribution in [0.3, 0.4) is 0 Å². The van der Waals surface area contributed by atoms with E-state index in [1.54, 1.807) is 18.2 Å². The maximum atomic E-state index is 12.0. The molecular formula is C15H15ClN2O3. The van der Waals surface area contributed by atoms with E-state index in [1.807, 2.05) is 6.92 Å². The van der Waals surface area contributed by atoms with E-state index in [9.17, 15) is 9.59 Å². The highest BCUT2D eigenvalue weighted by atomic mass is 35.5. The van der Waals surface area contributed by atoms with E-state index in [0.29, 0.717) is 34.9 Å². The summed E-state index contributed by atoms with van der Waals surface area (Å²) in [7, 11) is 1.53. The van der Waals surface area contributed by atoms with Gasteiger partial charge in [0.25, 0.3) is 5.56 Å². The van der Waals surface area contributed by atoms with E-state index in [-0.39, 0.29) is 11.1 Å². The first kappa shape index (κ1) is 15.3. The minimum Gasteiger partial charge on any atom is -0.495 e. The Balaban J connectivity index is 2.58. The molecule has 1 heterocycles. The molecule has 0 fully saturated rings. The van der Waals surface area contributed by atoms with E-state index in [1.165, 1.54) is 17.9 Å². The minimum absolute atomic E-state index is 0.0837. The molecule has 0 atom stereocenters. The summed E-state index contributed by atoms with van der Waals surface area (Å²) in [6, 6.07) is 6.66. The molecule has 0 N–H and O–H groups in total. The topological polar surface area (TPSA) is 61.2 Å². The number of hydrogen-bond acceptors (Lipinski definition) is 4. The molecule has 1 aromatic heterocycles. The Hall–Kier alpha value is -2.14. The lowest BCUT2D eigenvalue weighted by Crippen LogP contribution is -2.26. The highest BCUT2D eigenvalue weighted by molar-refractivity contribution is 6.32. The molecule has 21 heavy (non-hydrogen) atoms. The fourth-order valence-corrected chi connectivity index (χ4v) is 2.23. The molecule has 0 aliphatic carbocycles. The first-order valence-corrected chi connectivity index (χ1v) is 6.89. The molecule has 0 bridgehead atoms. The quantitative estimate of drug-likeness (QED) is 0.797. The number of nitrogens with zero attached hydrogens (tertiary/aromatic N) is 2. The van der Waals surface area contributed by atoms with Crippen molar-refractivity contribution in [2.75, 3.05) is 7.11 Å². The van der Waals surface area contributed by atoms with E-state index < -0.39 is 0 Å². The van der Waals surface area contributed by atoms with Gasteiger partial charge in [-0.25, -0.2) is 4.68 Å². The van der Waals surface area contributed by atoms with Crippen LogP contribution in [-0.2, 0) is 6.54 Å². The zero-order chi connectivity index (χ0) is 15.4. The zero-order valence-corrected chi connectivity index (χ0v) is 12.6. The Labute approximate surface area is 127 Å². The summed E-state index contributed by atoms with van der Waals surface area (Å²) in [5, 5.41) is 4.73. The van der Waals surface area contributed by atoms with Crippen LogP contribution in [0.15, 0.2) is 29.1 Å². The monoisotopic (exact) mass is 306 g/mol. The Kier molecular flexibility index (Phi) is 4.75. The molecule has 6 heteroatoms. The predicted octanol–water partition coefficient (Wildman–Crippen LogP) is 2.79. The molecule has 0 aliphatic heterocycles.